The summed E-state index contributed by atoms with van der Waals surface area (Å²) in [6.45, 7) is 1.87. The predicted octanol–water partition coefficient (Wildman–Crippen LogP) is 0.353. The van der Waals surface area contributed by atoms with Gasteiger partial charge in [-0.15, -0.1) is 0 Å². The van der Waals surface area contributed by atoms with E-state index in [0.717, 1.165) is 5.56 Å². The van der Waals surface area contributed by atoms with Crippen LogP contribution in [0.2, 0.25) is 0 Å². The first-order valence-electron chi connectivity index (χ1n) is 4.53. The van der Waals surface area contributed by atoms with Gasteiger partial charge in [0.15, 0.2) is 0 Å². The highest BCUT2D eigenvalue weighted by atomic mass is 16.5. The van der Waals surface area contributed by atoms with E-state index in [2.05, 4.69) is 4.98 Å². The number of nitrogens with zero attached hydrogens (tertiary/aromatic N) is 1. The molecule has 0 aliphatic rings. The minimum Gasteiger partial charge on any atom is -0.481 e. The molecule has 0 saturated carbocycles. The van der Waals surface area contributed by atoms with Crippen molar-refractivity contribution >= 4 is 5.97 Å². The van der Waals surface area contributed by atoms with E-state index in [-0.39, 0.29) is 6.42 Å². The van der Waals surface area contributed by atoms with E-state index in [4.69, 9.17) is 15.6 Å². The Balaban J connectivity index is 2.83. The van der Waals surface area contributed by atoms with Gasteiger partial charge in [0.2, 0.25) is 5.88 Å². The maximum absolute atomic E-state index is 10.5. The third kappa shape index (κ3) is 2.92. The first-order chi connectivity index (χ1) is 7.04. The van der Waals surface area contributed by atoms with Gasteiger partial charge in [-0.3, -0.25) is 4.79 Å². The second-order valence-corrected chi connectivity index (χ2v) is 3.28. The van der Waals surface area contributed by atoms with E-state index in [1.54, 1.807) is 6.07 Å². The zero-order chi connectivity index (χ0) is 11.4. The van der Waals surface area contributed by atoms with E-state index in [9.17, 15) is 4.79 Å². The van der Waals surface area contributed by atoms with Gasteiger partial charge in [0, 0.05) is 17.7 Å². The number of hydrogen-bond donors (Lipinski definition) is 2. The molecule has 0 fully saturated rings. The zero-order valence-electron chi connectivity index (χ0n) is 8.73. The lowest BCUT2D eigenvalue weighted by Crippen LogP contribution is -2.32. The molecule has 5 nitrogen and oxygen atoms in total. The minimum absolute atomic E-state index is 0.200. The zero-order valence-corrected chi connectivity index (χ0v) is 8.73. The Bertz CT molecular complexity index is 366. The maximum atomic E-state index is 10.5. The van der Waals surface area contributed by atoms with Crippen LogP contribution in [0, 0.1) is 6.92 Å². The number of hydrogen-bond acceptors (Lipinski definition) is 4. The summed E-state index contributed by atoms with van der Waals surface area (Å²) in [6.07, 6.45) is 0.200. The molecule has 0 bridgehead atoms. The smallest absolute Gasteiger partial charge is 0.320 e. The lowest BCUT2D eigenvalue weighted by atomic mass is 10.1. The molecule has 1 atom stereocenters. The van der Waals surface area contributed by atoms with Crippen LogP contribution in [-0.4, -0.2) is 29.2 Å². The van der Waals surface area contributed by atoms with Crippen molar-refractivity contribution in [1.29, 1.82) is 0 Å². The highest BCUT2D eigenvalue weighted by molar-refractivity contribution is 5.73. The first-order valence-corrected chi connectivity index (χ1v) is 4.53. The van der Waals surface area contributed by atoms with Gasteiger partial charge in [-0.1, -0.05) is 6.07 Å². The Hall–Kier alpha value is -1.62. The topological polar surface area (TPSA) is 85.4 Å². The Morgan fingerprint density at radius 1 is 1.67 bits per heavy atom. The standard InChI is InChI=1S/C10H14N2O3/c1-6-3-4-7(12-9(6)15-2)5-8(11)10(13)14/h3-4,8H,5,11H2,1-2H3,(H,13,14). The summed E-state index contributed by atoms with van der Waals surface area (Å²) in [5, 5.41) is 8.64. The SMILES string of the molecule is COc1nc(CC(N)C(=O)O)ccc1C. The van der Waals surface area contributed by atoms with Crippen LogP contribution in [0.4, 0.5) is 0 Å². The third-order valence-corrected chi connectivity index (χ3v) is 2.05. The number of methoxy groups -OCH3 is 1. The lowest BCUT2D eigenvalue weighted by molar-refractivity contribution is -0.138. The highest BCUT2D eigenvalue weighted by Crippen LogP contribution is 2.14. The number of nitrogens with two attached hydrogens (primary N) is 1. The van der Waals surface area contributed by atoms with Gasteiger partial charge in [0.25, 0.3) is 0 Å². The fourth-order valence-corrected chi connectivity index (χ4v) is 1.18. The molecule has 1 rings (SSSR count). The number of carbonyl (C=O) groups is 1. The summed E-state index contributed by atoms with van der Waals surface area (Å²) >= 11 is 0. The molecule has 0 aliphatic heterocycles. The number of aryl methyl sites for hydroxylation is 1. The monoisotopic (exact) mass is 210 g/mol. The van der Waals surface area contributed by atoms with Gasteiger partial charge < -0.3 is 15.6 Å². The molecule has 1 aromatic rings. The Kier molecular flexibility index (Phi) is 3.62. The van der Waals surface area contributed by atoms with Crippen molar-refractivity contribution in [2.45, 2.75) is 19.4 Å². The molecular weight excluding hydrogens is 196 g/mol. The van der Waals surface area contributed by atoms with Gasteiger partial charge in [-0.25, -0.2) is 4.98 Å². The van der Waals surface area contributed by atoms with Crippen LogP contribution in [0.5, 0.6) is 5.88 Å². The minimum atomic E-state index is -1.03. The van der Waals surface area contributed by atoms with Crippen molar-refractivity contribution in [3.05, 3.63) is 23.4 Å². The molecule has 0 saturated heterocycles. The van der Waals surface area contributed by atoms with Crippen molar-refractivity contribution in [3.8, 4) is 5.88 Å². The summed E-state index contributed by atoms with van der Waals surface area (Å²) in [5.41, 5.74) is 6.92. The Morgan fingerprint density at radius 3 is 2.87 bits per heavy atom. The van der Waals surface area contributed by atoms with Crippen LogP contribution in [-0.2, 0) is 11.2 Å². The summed E-state index contributed by atoms with van der Waals surface area (Å²) in [4.78, 5) is 14.7. The van der Waals surface area contributed by atoms with Crippen molar-refractivity contribution < 1.29 is 14.6 Å². The number of carboxylic acids is 1. The predicted molar refractivity (Wildman–Crippen MR) is 54.8 cm³/mol. The largest absolute Gasteiger partial charge is 0.481 e. The third-order valence-electron chi connectivity index (χ3n) is 2.05. The number of aromatic nitrogens is 1. The van der Waals surface area contributed by atoms with Crippen molar-refractivity contribution in [3.63, 3.8) is 0 Å². The van der Waals surface area contributed by atoms with Crippen LogP contribution in [0.3, 0.4) is 0 Å². The molecule has 0 radical (unpaired) electrons. The van der Waals surface area contributed by atoms with E-state index in [0.29, 0.717) is 11.6 Å². The van der Waals surface area contributed by atoms with Crippen LogP contribution < -0.4 is 10.5 Å². The summed E-state index contributed by atoms with van der Waals surface area (Å²) in [5.74, 6) is -0.526. The second kappa shape index (κ2) is 4.75. The number of rotatable bonds is 4. The summed E-state index contributed by atoms with van der Waals surface area (Å²) in [7, 11) is 1.52. The van der Waals surface area contributed by atoms with Crippen LogP contribution in [0.1, 0.15) is 11.3 Å². The number of aliphatic carboxylic acids is 1. The van der Waals surface area contributed by atoms with Crippen molar-refractivity contribution in [1.82, 2.24) is 4.98 Å². The molecule has 0 aromatic carbocycles. The van der Waals surface area contributed by atoms with E-state index in [1.807, 2.05) is 13.0 Å². The van der Waals surface area contributed by atoms with Crippen LogP contribution >= 0.6 is 0 Å². The molecule has 1 heterocycles. The normalized spacial score (nSPS) is 12.2. The fraction of sp³-hybridized carbons (Fsp3) is 0.400. The molecule has 5 heteroatoms. The van der Waals surface area contributed by atoms with E-state index < -0.39 is 12.0 Å². The molecule has 3 N–H and O–H groups in total. The Labute approximate surface area is 87.9 Å². The van der Waals surface area contributed by atoms with Gasteiger partial charge in [-0.05, 0) is 13.0 Å². The van der Waals surface area contributed by atoms with E-state index >= 15 is 0 Å². The second-order valence-electron chi connectivity index (χ2n) is 3.28. The number of carboxylic acid groups (broad SMARTS) is 1. The van der Waals surface area contributed by atoms with Crippen molar-refractivity contribution in [2.24, 2.45) is 5.73 Å². The molecule has 15 heavy (non-hydrogen) atoms. The highest BCUT2D eigenvalue weighted by Gasteiger charge is 2.13. The molecule has 0 aliphatic carbocycles. The van der Waals surface area contributed by atoms with Crippen molar-refractivity contribution in [2.75, 3.05) is 7.11 Å². The fourth-order valence-electron chi connectivity index (χ4n) is 1.18. The summed E-state index contributed by atoms with van der Waals surface area (Å²) < 4.78 is 5.03. The number of pyridine rings is 1. The first kappa shape index (κ1) is 11.5. The summed E-state index contributed by atoms with van der Waals surface area (Å²) in [6, 6.07) is 2.65. The molecule has 0 amide bonds. The van der Waals surface area contributed by atoms with Crippen LogP contribution in [0.25, 0.3) is 0 Å². The molecule has 1 aromatic heterocycles. The molecule has 0 spiro atoms. The quantitative estimate of drug-likeness (QED) is 0.749. The average molecular weight is 210 g/mol. The number of ether oxygens (including phenoxy) is 1. The van der Waals surface area contributed by atoms with Gasteiger partial charge in [0.05, 0.1) is 7.11 Å². The van der Waals surface area contributed by atoms with Gasteiger partial charge in [-0.2, -0.15) is 0 Å². The molecule has 1 unspecified atom stereocenters. The lowest BCUT2D eigenvalue weighted by Gasteiger charge is -2.08. The van der Waals surface area contributed by atoms with E-state index in [1.165, 1.54) is 7.11 Å². The maximum Gasteiger partial charge on any atom is 0.320 e. The van der Waals surface area contributed by atoms with Crippen LogP contribution in [0.15, 0.2) is 12.1 Å². The average Bonchev–Trinajstić information content (AvgIpc) is 2.20. The molecule has 82 valence electrons. The van der Waals surface area contributed by atoms with Gasteiger partial charge in [0.1, 0.15) is 6.04 Å². The Morgan fingerprint density at radius 2 is 2.33 bits per heavy atom. The molecular formula is C10H14N2O3. The van der Waals surface area contributed by atoms with Gasteiger partial charge >= 0.3 is 5.97 Å².